The number of para-hydroxylation sites is 3. The van der Waals surface area contributed by atoms with E-state index in [4.69, 9.17) is 9.72 Å². The SMILES string of the molecule is COc1ccc(C[C@H](NC(=O)Nc2cc(C)nn2-c2ccccc2)c2nc3ccccc3[nH]2)cc1. The number of carbonyl (C=O) groups is 1. The van der Waals surface area contributed by atoms with Crippen LogP contribution >= 0.6 is 0 Å². The number of aromatic amines is 1. The second-order valence-corrected chi connectivity index (χ2v) is 8.26. The van der Waals surface area contributed by atoms with E-state index in [9.17, 15) is 4.79 Å². The number of H-pyrrole nitrogens is 1. The molecule has 0 aliphatic carbocycles. The number of benzene rings is 3. The Kier molecular flexibility index (Phi) is 6.17. The molecule has 5 rings (SSSR count). The van der Waals surface area contributed by atoms with Crippen LogP contribution in [0.15, 0.2) is 84.9 Å². The van der Waals surface area contributed by atoms with E-state index in [0.717, 1.165) is 33.7 Å². The molecule has 0 saturated heterocycles. The van der Waals surface area contributed by atoms with E-state index >= 15 is 0 Å². The van der Waals surface area contributed by atoms with Gasteiger partial charge in [-0.2, -0.15) is 5.10 Å². The van der Waals surface area contributed by atoms with E-state index in [-0.39, 0.29) is 12.1 Å². The molecule has 8 nitrogen and oxygen atoms in total. The maximum absolute atomic E-state index is 13.2. The van der Waals surface area contributed by atoms with Crippen LogP contribution in [0, 0.1) is 6.92 Å². The fourth-order valence-corrected chi connectivity index (χ4v) is 4.02. The van der Waals surface area contributed by atoms with Crippen molar-refractivity contribution in [2.24, 2.45) is 0 Å². The predicted molar refractivity (Wildman–Crippen MR) is 136 cm³/mol. The third-order valence-corrected chi connectivity index (χ3v) is 5.72. The van der Waals surface area contributed by atoms with Crippen LogP contribution in [-0.2, 0) is 6.42 Å². The molecule has 3 aromatic carbocycles. The lowest BCUT2D eigenvalue weighted by atomic mass is 10.1. The molecule has 35 heavy (non-hydrogen) atoms. The van der Waals surface area contributed by atoms with Crippen molar-refractivity contribution in [3.63, 3.8) is 0 Å². The van der Waals surface area contributed by atoms with Crippen molar-refractivity contribution in [3.8, 4) is 11.4 Å². The van der Waals surface area contributed by atoms with Crippen LogP contribution in [0.25, 0.3) is 16.7 Å². The number of aryl methyl sites for hydroxylation is 1. The minimum Gasteiger partial charge on any atom is -0.497 e. The number of nitrogens with zero attached hydrogens (tertiary/aromatic N) is 3. The summed E-state index contributed by atoms with van der Waals surface area (Å²) in [7, 11) is 1.64. The minimum absolute atomic E-state index is 0.346. The van der Waals surface area contributed by atoms with Crippen LogP contribution in [-0.4, -0.2) is 32.9 Å². The van der Waals surface area contributed by atoms with Crippen LogP contribution in [0.1, 0.15) is 23.1 Å². The van der Waals surface area contributed by atoms with E-state index < -0.39 is 0 Å². The van der Waals surface area contributed by atoms with Crippen molar-refractivity contribution >= 4 is 22.9 Å². The van der Waals surface area contributed by atoms with Gasteiger partial charge in [0.25, 0.3) is 0 Å². The molecule has 0 fully saturated rings. The Hall–Kier alpha value is -4.59. The van der Waals surface area contributed by atoms with Crippen LogP contribution in [0.3, 0.4) is 0 Å². The third kappa shape index (κ3) is 5.01. The van der Waals surface area contributed by atoms with Crippen LogP contribution in [0.2, 0.25) is 0 Å². The number of rotatable bonds is 7. The van der Waals surface area contributed by atoms with Gasteiger partial charge in [-0.3, -0.25) is 5.32 Å². The smallest absolute Gasteiger partial charge is 0.321 e. The Balaban J connectivity index is 1.40. The number of hydrogen-bond acceptors (Lipinski definition) is 4. The highest BCUT2D eigenvalue weighted by Crippen LogP contribution is 2.22. The zero-order chi connectivity index (χ0) is 24.2. The van der Waals surface area contributed by atoms with Gasteiger partial charge in [0, 0.05) is 6.07 Å². The number of anilines is 1. The Morgan fingerprint density at radius 2 is 1.77 bits per heavy atom. The number of aromatic nitrogens is 4. The van der Waals surface area contributed by atoms with Gasteiger partial charge in [0.15, 0.2) is 0 Å². The normalized spacial score (nSPS) is 11.8. The van der Waals surface area contributed by atoms with Crippen molar-refractivity contribution in [2.45, 2.75) is 19.4 Å². The zero-order valence-electron chi connectivity index (χ0n) is 19.5. The number of urea groups is 1. The molecule has 5 aromatic rings. The number of carbonyl (C=O) groups excluding carboxylic acids is 1. The standard InChI is InChI=1S/C27H26N6O2/c1-18-16-25(33(32-18)20-8-4-3-5-9-20)31-27(34)30-24(17-19-12-14-21(35-2)15-13-19)26-28-22-10-6-7-11-23(22)29-26/h3-16,24H,17H2,1-2H3,(H,28,29)(H2,30,31,34)/t24-/m0/s1. The lowest BCUT2D eigenvalue weighted by Gasteiger charge is -2.18. The first-order valence-electron chi connectivity index (χ1n) is 11.4. The summed E-state index contributed by atoms with van der Waals surface area (Å²) in [4.78, 5) is 21.3. The number of amides is 2. The van der Waals surface area contributed by atoms with E-state index in [2.05, 4.69) is 20.7 Å². The fourth-order valence-electron chi connectivity index (χ4n) is 4.02. The van der Waals surface area contributed by atoms with Gasteiger partial charge >= 0.3 is 6.03 Å². The Morgan fingerprint density at radius 3 is 2.51 bits per heavy atom. The molecule has 176 valence electrons. The van der Waals surface area contributed by atoms with Gasteiger partial charge in [-0.1, -0.05) is 42.5 Å². The average Bonchev–Trinajstić information content (AvgIpc) is 3.48. The second-order valence-electron chi connectivity index (χ2n) is 8.26. The summed E-state index contributed by atoms with van der Waals surface area (Å²) < 4.78 is 6.99. The molecule has 3 N–H and O–H groups in total. The van der Waals surface area contributed by atoms with Gasteiger partial charge in [0.2, 0.25) is 0 Å². The molecule has 2 heterocycles. The number of imidazole rings is 1. The summed E-state index contributed by atoms with van der Waals surface area (Å²) in [5, 5.41) is 10.6. The number of hydrogen-bond donors (Lipinski definition) is 3. The van der Waals surface area contributed by atoms with Crippen LogP contribution in [0.4, 0.5) is 10.6 Å². The summed E-state index contributed by atoms with van der Waals surface area (Å²) in [6.07, 6.45) is 0.550. The van der Waals surface area contributed by atoms with Gasteiger partial charge in [-0.05, 0) is 55.3 Å². The number of ether oxygens (including phenoxy) is 1. The fraction of sp³-hybridized carbons (Fsp3) is 0.148. The monoisotopic (exact) mass is 466 g/mol. The molecule has 0 saturated carbocycles. The molecule has 0 bridgehead atoms. The van der Waals surface area contributed by atoms with Crippen LogP contribution < -0.4 is 15.4 Å². The van der Waals surface area contributed by atoms with Gasteiger partial charge in [0.1, 0.15) is 17.4 Å². The number of nitrogens with one attached hydrogen (secondary N) is 3. The topological polar surface area (TPSA) is 96.9 Å². The molecule has 2 amide bonds. The largest absolute Gasteiger partial charge is 0.497 e. The van der Waals surface area contributed by atoms with Crippen molar-refractivity contribution in [3.05, 3.63) is 102 Å². The Labute approximate surface area is 203 Å². The zero-order valence-corrected chi connectivity index (χ0v) is 19.5. The van der Waals surface area contributed by atoms with E-state index in [1.54, 1.807) is 11.8 Å². The van der Waals surface area contributed by atoms with Gasteiger partial charge in [0.05, 0.1) is 35.6 Å². The van der Waals surface area contributed by atoms with Gasteiger partial charge in [-0.25, -0.2) is 14.5 Å². The summed E-state index contributed by atoms with van der Waals surface area (Å²) in [5.74, 6) is 2.05. The van der Waals surface area contributed by atoms with Crippen molar-refractivity contribution in [1.82, 2.24) is 25.1 Å². The molecule has 0 unspecified atom stereocenters. The quantitative estimate of drug-likeness (QED) is 0.308. The molecule has 0 spiro atoms. The van der Waals surface area contributed by atoms with E-state index in [0.29, 0.717) is 18.1 Å². The van der Waals surface area contributed by atoms with Gasteiger partial charge in [-0.15, -0.1) is 0 Å². The number of fused-ring (bicyclic) bond motifs is 1. The molecular weight excluding hydrogens is 440 g/mol. The lowest BCUT2D eigenvalue weighted by Crippen LogP contribution is -2.34. The van der Waals surface area contributed by atoms with Crippen molar-refractivity contribution in [1.29, 1.82) is 0 Å². The molecule has 0 aliphatic rings. The van der Waals surface area contributed by atoms with E-state index in [1.807, 2.05) is 91.9 Å². The molecule has 8 heteroatoms. The molecule has 1 atom stereocenters. The maximum atomic E-state index is 13.2. The van der Waals surface area contributed by atoms with Gasteiger partial charge < -0.3 is 15.0 Å². The Morgan fingerprint density at radius 1 is 1.03 bits per heavy atom. The Bertz CT molecular complexity index is 1410. The molecule has 0 radical (unpaired) electrons. The first-order valence-corrected chi connectivity index (χ1v) is 11.4. The lowest BCUT2D eigenvalue weighted by molar-refractivity contribution is 0.248. The summed E-state index contributed by atoms with van der Waals surface area (Å²) in [6, 6.07) is 26.4. The van der Waals surface area contributed by atoms with Crippen molar-refractivity contribution in [2.75, 3.05) is 12.4 Å². The number of methoxy groups -OCH3 is 1. The third-order valence-electron chi connectivity index (χ3n) is 5.72. The van der Waals surface area contributed by atoms with Crippen LogP contribution in [0.5, 0.6) is 5.75 Å². The minimum atomic E-state index is -0.384. The second kappa shape index (κ2) is 9.72. The summed E-state index contributed by atoms with van der Waals surface area (Å²) in [5.41, 5.74) is 4.48. The average molecular weight is 467 g/mol. The highest BCUT2D eigenvalue weighted by Gasteiger charge is 2.20. The predicted octanol–water partition coefficient (Wildman–Crippen LogP) is 5.17. The van der Waals surface area contributed by atoms with Crippen molar-refractivity contribution < 1.29 is 9.53 Å². The molecule has 2 aromatic heterocycles. The van der Waals surface area contributed by atoms with E-state index in [1.165, 1.54) is 0 Å². The highest BCUT2D eigenvalue weighted by atomic mass is 16.5. The summed E-state index contributed by atoms with van der Waals surface area (Å²) in [6.45, 7) is 1.89. The highest BCUT2D eigenvalue weighted by molar-refractivity contribution is 5.89. The maximum Gasteiger partial charge on any atom is 0.321 e. The first kappa shape index (κ1) is 22.2. The molecular formula is C27H26N6O2. The first-order chi connectivity index (χ1) is 17.1. The summed E-state index contributed by atoms with van der Waals surface area (Å²) >= 11 is 0. The molecule has 0 aliphatic heterocycles.